The first-order chi connectivity index (χ1) is 11.1. The van der Waals surface area contributed by atoms with Crippen LogP contribution in [-0.2, 0) is 7.05 Å². The quantitative estimate of drug-likeness (QED) is 0.872. The summed E-state index contributed by atoms with van der Waals surface area (Å²) in [4.78, 5) is 18.5. The zero-order valence-corrected chi connectivity index (χ0v) is 13.7. The number of benzene rings is 1. The lowest BCUT2D eigenvalue weighted by atomic mass is 9.98. The monoisotopic (exact) mass is 313 g/mol. The Morgan fingerprint density at radius 1 is 1.35 bits per heavy atom. The van der Waals surface area contributed by atoms with Crippen LogP contribution in [0.15, 0.2) is 36.8 Å². The molecule has 5 nitrogen and oxygen atoms in total. The topological polar surface area (TPSA) is 47.4 Å². The number of imidazole rings is 1. The molecule has 1 fully saturated rings. The number of carbonyl (C=O) groups excluding carboxylic acids is 1. The zero-order valence-electron chi connectivity index (χ0n) is 13.7. The number of ether oxygens (including phenoxy) is 1. The van der Waals surface area contributed by atoms with E-state index in [1.54, 1.807) is 17.1 Å². The van der Waals surface area contributed by atoms with Crippen LogP contribution in [0.3, 0.4) is 0 Å². The second kappa shape index (κ2) is 6.86. The highest BCUT2D eigenvalue weighted by atomic mass is 16.5. The molecule has 1 atom stereocenters. The van der Waals surface area contributed by atoms with Crippen LogP contribution in [0.25, 0.3) is 0 Å². The highest BCUT2D eigenvalue weighted by Gasteiger charge is 2.26. The number of carbonyl (C=O) groups is 1. The smallest absolute Gasteiger partial charge is 0.274 e. The number of aryl methyl sites for hydroxylation is 2. The van der Waals surface area contributed by atoms with Gasteiger partial charge >= 0.3 is 0 Å². The van der Waals surface area contributed by atoms with E-state index < -0.39 is 0 Å². The molecule has 1 aliphatic rings. The summed E-state index contributed by atoms with van der Waals surface area (Å²) in [7, 11) is 1.87. The third kappa shape index (κ3) is 3.92. The van der Waals surface area contributed by atoms with E-state index in [9.17, 15) is 4.79 Å². The second-order valence-electron chi connectivity index (χ2n) is 6.31. The van der Waals surface area contributed by atoms with Gasteiger partial charge in [0.15, 0.2) is 0 Å². The van der Waals surface area contributed by atoms with Crippen molar-refractivity contribution in [3.63, 3.8) is 0 Å². The first-order valence-electron chi connectivity index (χ1n) is 8.08. The summed E-state index contributed by atoms with van der Waals surface area (Å²) in [5.41, 5.74) is 1.75. The summed E-state index contributed by atoms with van der Waals surface area (Å²) in [5.74, 6) is 1.28. The molecular weight excluding hydrogens is 290 g/mol. The molecule has 3 rings (SSSR count). The molecule has 23 heavy (non-hydrogen) atoms. The number of piperidine rings is 1. The van der Waals surface area contributed by atoms with Gasteiger partial charge in [0.05, 0.1) is 12.9 Å². The van der Waals surface area contributed by atoms with Gasteiger partial charge in [-0.05, 0) is 31.9 Å². The molecule has 0 N–H and O–H groups in total. The lowest BCUT2D eigenvalue weighted by molar-refractivity contribution is 0.0628. The maximum Gasteiger partial charge on any atom is 0.274 e. The second-order valence-corrected chi connectivity index (χ2v) is 6.31. The van der Waals surface area contributed by atoms with Gasteiger partial charge < -0.3 is 14.2 Å². The molecular formula is C18H23N3O2. The van der Waals surface area contributed by atoms with Gasteiger partial charge in [-0.3, -0.25) is 4.79 Å². The number of hydrogen-bond acceptors (Lipinski definition) is 3. The normalized spacial score (nSPS) is 18.0. The minimum absolute atomic E-state index is 0.0191. The number of nitrogens with zero attached hydrogens (tertiary/aromatic N) is 3. The molecule has 122 valence electrons. The van der Waals surface area contributed by atoms with Crippen molar-refractivity contribution in [2.75, 3.05) is 19.7 Å². The molecule has 2 heterocycles. The standard InChI is InChI=1S/C18H23N3O2/c1-14-5-7-16(8-6-14)23-12-15-4-3-9-21(10-15)18(22)17-11-20(2)13-19-17/h5-8,11,13,15H,3-4,9-10,12H2,1-2H3. The van der Waals surface area contributed by atoms with Crippen molar-refractivity contribution in [3.8, 4) is 5.75 Å². The molecule has 0 saturated carbocycles. The summed E-state index contributed by atoms with van der Waals surface area (Å²) in [5, 5.41) is 0. The average Bonchev–Trinajstić information content (AvgIpc) is 3.00. The third-order valence-corrected chi connectivity index (χ3v) is 4.24. The third-order valence-electron chi connectivity index (χ3n) is 4.24. The van der Waals surface area contributed by atoms with Gasteiger partial charge in [0.1, 0.15) is 11.4 Å². The largest absolute Gasteiger partial charge is 0.493 e. The maximum absolute atomic E-state index is 12.5. The molecule has 5 heteroatoms. The van der Waals surface area contributed by atoms with Crippen molar-refractivity contribution in [1.82, 2.24) is 14.5 Å². The Balaban J connectivity index is 1.55. The Kier molecular flexibility index (Phi) is 4.65. The molecule has 1 amide bonds. The summed E-state index contributed by atoms with van der Waals surface area (Å²) < 4.78 is 7.68. The summed E-state index contributed by atoms with van der Waals surface area (Å²) in [6.45, 7) is 4.25. The van der Waals surface area contributed by atoms with Crippen LogP contribution in [0, 0.1) is 12.8 Å². The van der Waals surface area contributed by atoms with Crippen molar-refractivity contribution in [3.05, 3.63) is 48.0 Å². The van der Waals surface area contributed by atoms with E-state index in [1.165, 1.54) is 5.56 Å². The van der Waals surface area contributed by atoms with Gasteiger partial charge in [0, 0.05) is 32.3 Å². The lowest BCUT2D eigenvalue weighted by Crippen LogP contribution is -2.41. The first-order valence-corrected chi connectivity index (χ1v) is 8.08. The Labute approximate surface area is 136 Å². The van der Waals surface area contributed by atoms with E-state index in [-0.39, 0.29) is 5.91 Å². The van der Waals surface area contributed by atoms with E-state index >= 15 is 0 Å². The van der Waals surface area contributed by atoms with Gasteiger partial charge in [-0.2, -0.15) is 0 Å². The minimum atomic E-state index is 0.0191. The number of amides is 1. The van der Waals surface area contributed by atoms with E-state index in [2.05, 4.69) is 11.9 Å². The molecule has 2 aromatic rings. The van der Waals surface area contributed by atoms with Crippen LogP contribution in [0.2, 0.25) is 0 Å². The van der Waals surface area contributed by atoms with Crippen molar-refractivity contribution in [2.45, 2.75) is 19.8 Å². The van der Waals surface area contributed by atoms with Crippen molar-refractivity contribution in [2.24, 2.45) is 13.0 Å². The first kappa shape index (κ1) is 15.6. The fourth-order valence-electron chi connectivity index (χ4n) is 2.92. The molecule has 1 aliphatic heterocycles. The Hall–Kier alpha value is -2.30. The van der Waals surface area contributed by atoms with Crippen molar-refractivity contribution < 1.29 is 9.53 Å². The van der Waals surface area contributed by atoms with Gasteiger partial charge in [-0.25, -0.2) is 4.98 Å². The van der Waals surface area contributed by atoms with Crippen LogP contribution in [-0.4, -0.2) is 40.1 Å². The fourth-order valence-corrected chi connectivity index (χ4v) is 2.92. The zero-order chi connectivity index (χ0) is 16.2. The summed E-state index contributed by atoms with van der Waals surface area (Å²) in [6.07, 6.45) is 5.54. The lowest BCUT2D eigenvalue weighted by Gasteiger charge is -2.32. The molecule has 0 spiro atoms. The van der Waals surface area contributed by atoms with E-state index in [1.807, 2.05) is 36.2 Å². The van der Waals surface area contributed by atoms with E-state index in [0.717, 1.165) is 31.7 Å². The van der Waals surface area contributed by atoms with Crippen molar-refractivity contribution in [1.29, 1.82) is 0 Å². The predicted molar refractivity (Wildman–Crippen MR) is 88.5 cm³/mol. The van der Waals surface area contributed by atoms with Crippen LogP contribution in [0.1, 0.15) is 28.9 Å². The molecule has 1 saturated heterocycles. The van der Waals surface area contributed by atoms with Crippen LogP contribution in [0.4, 0.5) is 0 Å². The van der Waals surface area contributed by atoms with Crippen LogP contribution < -0.4 is 4.74 Å². The number of hydrogen-bond donors (Lipinski definition) is 0. The van der Waals surface area contributed by atoms with Gasteiger partial charge in [-0.1, -0.05) is 17.7 Å². The van der Waals surface area contributed by atoms with E-state index in [4.69, 9.17) is 4.74 Å². The molecule has 1 aromatic carbocycles. The highest BCUT2D eigenvalue weighted by Crippen LogP contribution is 2.20. The molecule has 0 radical (unpaired) electrons. The predicted octanol–water partition coefficient (Wildman–Crippen LogP) is 2.66. The van der Waals surface area contributed by atoms with Gasteiger partial charge in [0.25, 0.3) is 5.91 Å². The fraction of sp³-hybridized carbons (Fsp3) is 0.444. The Morgan fingerprint density at radius 2 is 2.13 bits per heavy atom. The van der Waals surface area contributed by atoms with Crippen LogP contribution in [0.5, 0.6) is 5.75 Å². The Morgan fingerprint density at radius 3 is 2.83 bits per heavy atom. The minimum Gasteiger partial charge on any atom is -0.493 e. The molecule has 0 bridgehead atoms. The number of aromatic nitrogens is 2. The van der Waals surface area contributed by atoms with Crippen LogP contribution >= 0.6 is 0 Å². The Bertz CT molecular complexity index is 663. The summed E-state index contributed by atoms with van der Waals surface area (Å²) in [6, 6.07) is 8.09. The number of likely N-dealkylation sites (tertiary alicyclic amines) is 1. The average molecular weight is 313 g/mol. The molecule has 1 aromatic heterocycles. The molecule has 0 aliphatic carbocycles. The number of rotatable bonds is 4. The summed E-state index contributed by atoms with van der Waals surface area (Å²) >= 11 is 0. The SMILES string of the molecule is Cc1ccc(OCC2CCCN(C(=O)c3cn(C)cn3)C2)cc1. The highest BCUT2D eigenvalue weighted by molar-refractivity contribution is 5.92. The van der Waals surface area contributed by atoms with Gasteiger partial charge in [0.2, 0.25) is 0 Å². The molecule has 1 unspecified atom stereocenters. The van der Waals surface area contributed by atoms with Gasteiger partial charge in [-0.15, -0.1) is 0 Å². The maximum atomic E-state index is 12.5. The van der Waals surface area contributed by atoms with E-state index in [0.29, 0.717) is 18.2 Å². The van der Waals surface area contributed by atoms with Crippen molar-refractivity contribution >= 4 is 5.91 Å².